The molecule has 1 saturated carbocycles. The average molecular weight is 193 g/mol. The molecule has 0 saturated heterocycles. The zero-order valence-corrected chi connectivity index (χ0v) is 8.36. The first-order valence-electron chi connectivity index (χ1n) is 4.97. The van der Waals surface area contributed by atoms with Crippen LogP contribution in [0.2, 0.25) is 0 Å². The largest absolute Gasteiger partial charge is 0.399 e. The van der Waals surface area contributed by atoms with Gasteiger partial charge in [-0.2, -0.15) is 0 Å². The van der Waals surface area contributed by atoms with Gasteiger partial charge in [0.05, 0.1) is 12.0 Å². The highest BCUT2D eigenvalue weighted by Crippen LogP contribution is 2.30. The molecule has 4 heteroatoms. The highest BCUT2D eigenvalue weighted by Gasteiger charge is 2.20. The van der Waals surface area contributed by atoms with Crippen molar-refractivity contribution in [2.45, 2.75) is 31.6 Å². The van der Waals surface area contributed by atoms with Gasteiger partial charge in [-0.05, 0) is 25.7 Å². The number of imidazole rings is 1. The van der Waals surface area contributed by atoms with Gasteiger partial charge in [0.2, 0.25) is 0 Å². The minimum Gasteiger partial charge on any atom is -0.399 e. The number of hydrogen-bond donors (Lipinski definition) is 1. The van der Waals surface area contributed by atoms with Crippen LogP contribution in [0.1, 0.15) is 37.3 Å². The first kappa shape index (κ1) is 9.24. The molecule has 76 valence electrons. The zero-order valence-electron chi connectivity index (χ0n) is 8.36. The number of nitrogens with one attached hydrogen (secondary N) is 1. The standard InChI is InChI=1S/C10H15N3O/c1-14-13-9-4-2-8(3-5-9)10-6-11-7-12-10/h6-8H,2-5H2,1H3,(H,11,12). The van der Waals surface area contributed by atoms with Crippen LogP contribution in [0, 0.1) is 0 Å². The Kier molecular flexibility index (Phi) is 2.81. The van der Waals surface area contributed by atoms with Gasteiger partial charge in [-0.15, -0.1) is 0 Å². The van der Waals surface area contributed by atoms with Crippen molar-refractivity contribution in [3.8, 4) is 0 Å². The lowest BCUT2D eigenvalue weighted by molar-refractivity contribution is 0.210. The number of hydrogen-bond acceptors (Lipinski definition) is 3. The molecule has 1 N–H and O–H groups in total. The third-order valence-electron chi connectivity index (χ3n) is 2.74. The van der Waals surface area contributed by atoms with Gasteiger partial charge in [0.1, 0.15) is 7.11 Å². The molecule has 0 radical (unpaired) electrons. The van der Waals surface area contributed by atoms with Gasteiger partial charge in [0, 0.05) is 17.8 Å². The Labute approximate surface area is 83.4 Å². The summed E-state index contributed by atoms with van der Waals surface area (Å²) in [6, 6.07) is 0. The highest BCUT2D eigenvalue weighted by molar-refractivity contribution is 5.84. The van der Waals surface area contributed by atoms with E-state index in [2.05, 4.69) is 15.1 Å². The summed E-state index contributed by atoms with van der Waals surface area (Å²) in [5.74, 6) is 0.619. The number of H-pyrrole nitrogens is 1. The zero-order chi connectivity index (χ0) is 9.80. The molecular weight excluding hydrogens is 178 g/mol. The van der Waals surface area contributed by atoms with Crippen molar-refractivity contribution in [1.82, 2.24) is 9.97 Å². The third kappa shape index (κ3) is 1.95. The highest BCUT2D eigenvalue weighted by atomic mass is 16.6. The van der Waals surface area contributed by atoms with Gasteiger partial charge in [-0.3, -0.25) is 0 Å². The number of rotatable bonds is 2. The first-order valence-corrected chi connectivity index (χ1v) is 4.97. The normalized spacial score (nSPS) is 22.1. The molecule has 0 spiro atoms. The Morgan fingerprint density at radius 3 is 2.86 bits per heavy atom. The fraction of sp³-hybridized carbons (Fsp3) is 0.600. The fourth-order valence-electron chi connectivity index (χ4n) is 1.97. The van der Waals surface area contributed by atoms with Crippen molar-refractivity contribution in [3.63, 3.8) is 0 Å². The van der Waals surface area contributed by atoms with Crippen LogP contribution in [0.25, 0.3) is 0 Å². The molecule has 1 aliphatic rings. The summed E-state index contributed by atoms with van der Waals surface area (Å²) in [6.07, 6.45) is 8.03. The maximum atomic E-state index is 4.78. The molecule has 0 atom stereocenters. The summed E-state index contributed by atoms with van der Waals surface area (Å²) in [6.45, 7) is 0. The van der Waals surface area contributed by atoms with Gasteiger partial charge >= 0.3 is 0 Å². The van der Waals surface area contributed by atoms with Crippen molar-refractivity contribution in [2.24, 2.45) is 5.16 Å². The van der Waals surface area contributed by atoms with Crippen molar-refractivity contribution in [3.05, 3.63) is 18.2 Å². The van der Waals surface area contributed by atoms with Gasteiger partial charge in [0.25, 0.3) is 0 Å². The Bertz CT molecular complexity index is 295. The van der Waals surface area contributed by atoms with Crippen LogP contribution in [-0.2, 0) is 4.84 Å². The van der Waals surface area contributed by atoms with Crippen LogP contribution in [0.4, 0.5) is 0 Å². The van der Waals surface area contributed by atoms with E-state index in [1.165, 1.54) is 11.4 Å². The topological polar surface area (TPSA) is 50.3 Å². The molecule has 1 aliphatic carbocycles. The predicted molar refractivity (Wildman–Crippen MR) is 54.2 cm³/mol. The SMILES string of the molecule is CON=C1CCC(c2cnc[nH]2)CC1. The number of nitrogens with zero attached hydrogens (tertiary/aromatic N) is 2. The van der Waals surface area contributed by atoms with E-state index in [0.717, 1.165) is 25.7 Å². The maximum absolute atomic E-state index is 4.78. The first-order chi connectivity index (χ1) is 6.90. The van der Waals surface area contributed by atoms with Crippen LogP contribution in [0.15, 0.2) is 17.7 Å². The molecule has 1 heterocycles. The molecule has 1 fully saturated rings. The van der Waals surface area contributed by atoms with Crippen molar-refractivity contribution in [2.75, 3.05) is 7.11 Å². The summed E-state index contributed by atoms with van der Waals surface area (Å²) < 4.78 is 0. The third-order valence-corrected chi connectivity index (χ3v) is 2.74. The lowest BCUT2D eigenvalue weighted by Gasteiger charge is -2.21. The molecule has 0 aliphatic heterocycles. The molecule has 1 aromatic heterocycles. The van der Waals surface area contributed by atoms with Crippen LogP contribution >= 0.6 is 0 Å². The van der Waals surface area contributed by atoms with E-state index in [1.54, 1.807) is 13.4 Å². The molecule has 4 nitrogen and oxygen atoms in total. The van der Waals surface area contributed by atoms with E-state index in [0.29, 0.717) is 5.92 Å². The van der Waals surface area contributed by atoms with Crippen LogP contribution in [0.5, 0.6) is 0 Å². The Morgan fingerprint density at radius 1 is 1.50 bits per heavy atom. The molecule has 0 bridgehead atoms. The molecule has 0 amide bonds. The van der Waals surface area contributed by atoms with Crippen molar-refractivity contribution < 1.29 is 4.84 Å². The van der Waals surface area contributed by atoms with Crippen LogP contribution < -0.4 is 0 Å². The second kappa shape index (κ2) is 4.26. The Hall–Kier alpha value is -1.32. The van der Waals surface area contributed by atoms with E-state index >= 15 is 0 Å². The number of aromatic amines is 1. The van der Waals surface area contributed by atoms with Crippen molar-refractivity contribution in [1.29, 1.82) is 0 Å². The second-order valence-electron chi connectivity index (χ2n) is 3.62. The molecule has 14 heavy (non-hydrogen) atoms. The van der Waals surface area contributed by atoms with Gasteiger partial charge in [0.15, 0.2) is 0 Å². The van der Waals surface area contributed by atoms with E-state index < -0.39 is 0 Å². The lowest BCUT2D eigenvalue weighted by atomic mass is 9.86. The molecule has 2 rings (SSSR count). The minimum absolute atomic E-state index is 0.619. The van der Waals surface area contributed by atoms with E-state index in [9.17, 15) is 0 Å². The quantitative estimate of drug-likeness (QED) is 0.731. The molecule has 1 aromatic rings. The average Bonchev–Trinajstić information content (AvgIpc) is 2.72. The summed E-state index contributed by atoms with van der Waals surface area (Å²) in [5, 5.41) is 3.99. The number of oxime groups is 1. The second-order valence-corrected chi connectivity index (χ2v) is 3.62. The maximum Gasteiger partial charge on any atom is 0.106 e. The lowest BCUT2D eigenvalue weighted by Crippen LogP contribution is -2.13. The van der Waals surface area contributed by atoms with Gasteiger partial charge < -0.3 is 9.82 Å². The summed E-state index contributed by atoms with van der Waals surface area (Å²) >= 11 is 0. The molecule has 0 unspecified atom stereocenters. The smallest absolute Gasteiger partial charge is 0.106 e. The molecule has 0 aromatic carbocycles. The van der Waals surface area contributed by atoms with Gasteiger partial charge in [-0.25, -0.2) is 4.98 Å². The van der Waals surface area contributed by atoms with E-state index in [-0.39, 0.29) is 0 Å². The number of aromatic nitrogens is 2. The van der Waals surface area contributed by atoms with E-state index in [1.807, 2.05) is 6.20 Å². The van der Waals surface area contributed by atoms with E-state index in [4.69, 9.17) is 4.84 Å². The molecular formula is C10H15N3O. The predicted octanol–water partition coefficient (Wildman–Crippen LogP) is 2.07. The fourth-order valence-corrected chi connectivity index (χ4v) is 1.97. The Balaban J connectivity index is 1.93. The van der Waals surface area contributed by atoms with Gasteiger partial charge in [-0.1, -0.05) is 5.16 Å². The van der Waals surface area contributed by atoms with Crippen molar-refractivity contribution >= 4 is 5.71 Å². The van der Waals surface area contributed by atoms with Crippen LogP contribution in [0.3, 0.4) is 0 Å². The summed E-state index contributed by atoms with van der Waals surface area (Å²) in [5.41, 5.74) is 2.43. The Morgan fingerprint density at radius 2 is 2.29 bits per heavy atom. The summed E-state index contributed by atoms with van der Waals surface area (Å²) in [4.78, 5) is 12.0. The summed E-state index contributed by atoms with van der Waals surface area (Å²) in [7, 11) is 1.61. The minimum atomic E-state index is 0.619. The monoisotopic (exact) mass is 193 g/mol. The van der Waals surface area contributed by atoms with Crippen LogP contribution in [-0.4, -0.2) is 22.8 Å².